The molecule has 3 rings (SSSR count). The SMILES string of the molecule is CCOC(=O)c1[nH]c2cc(Cl)cc(Cl)c2c1C=C(C(=O)O)c1ccc(Br)cc1. The second-order valence-electron chi connectivity index (χ2n) is 5.81. The molecule has 8 heteroatoms. The van der Waals surface area contributed by atoms with E-state index in [0.717, 1.165) is 4.47 Å². The number of halogens is 3. The van der Waals surface area contributed by atoms with Gasteiger partial charge in [-0.1, -0.05) is 51.3 Å². The van der Waals surface area contributed by atoms with Crippen molar-refractivity contribution in [2.24, 2.45) is 0 Å². The first-order valence-electron chi connectivity index (χ1n) is 8.20. The molecule has 1 aromatic heterocycles. The largest absolute Gasteiger partial charge is 0.478 e. The number of esters is 1. The number of carboxylic acid groups (broad SMARTS) is 1. The molecule has 0 spiro atoms. The van der Waals surface area contributed by atoms with Gasteiger partial charge in [-0.25, -0.2) is 9.59 Å². The van der Waals surface area contributed by atoms with Crippen LogP contribution in [0.2, 0.25) is 10.0 Å². The number of rotatable bonds is 5. The van der Waals surface area contributed by atoms with Crippen molar-refractivity contribution in [1.82, 2.24) is 4.98 Å². The first kappa shape index (κ1) is 20.5. The highest BCUT2D eigenvalue weighted by molar-refractivity contribution is 9.10. The number of benzene rings is 2. The van der Waals surface area contributed by atoms with E-state index >= 15 is 0 Å². The molecular formula is C20H14BrCl2NO4. The average molecular weight is 483 g/mol. The second kappa shape index (κ2) is 8.39. The quantitative estimate of drug-likeness (QED) is 0.343. The predicted octanol–water partition coefficient (Wildman–Crippen LogP) is 6.04. The molecule has 144 valence electrons. The maximum absolute atomic E-state index is 12.5. The Morgan fingerprint density at radius 1 is 1.21 bits per heavy atom. The summed E-state index contributed by atoms with van der Waals surface area (Å²) in [5.74, 6) is -1.76. The summed E-state index contributed by atoms with van der Waals surface area (Å²) in [5, 5.41) is 10.9. The Labute approximate surface area is 179 Å². The lowest BCUT2D eigenvalue weighted by Crippen LogP contribution is -2.07. The molecule has 0 unspecified atom stereocenters. The molecule has 0 atom stereocenters. The summed E-state index contributed by atoms with van der Waals surface area (Å²) in [4.78, 5) is 27.3. The molecule has 0 aliphatic carbocycles. The van der Waals surface area contributed by atoms with E-state index in [1.807, 2.05) is 0 Å². The third kappa shape index (κ3) is 4.09. The van der Waals surface area contributed by atoms with Crippen molar-refractivity contribution >= 4 is 73.6 Å². The third-order valence-electron chi connectivity index (χ3n) is 4.01. The molecule has 3 aromatic rings. The number of H-pyrrole nitrogens is 1. The topological polar surface area (TPSA) is 79.4 Å². The van der Waals surface area contributed by atoms with Crippen LogP contribution in [0.4, 0.5) is 0 Å². The maximum Gasteiger partial charge on any atom is 0.355 e. The fourth-order valence-corrected chi connectivity index (χ4v) is 3.68. The normalized spacial score (nSPS) is 11.6. The van der Waals surface area contributed by atoms with Crippen LogP contribution in [0, 0.1) is 0 Å². The first-order chi connectivity index (χ1) is 13.3. The zero-order valence-corrected chi connectivity index (χ0v) is 17.7. The van der Waals surface area contributed by atoms with Crippen LogP contribution in [0.25, 0.3) is 22.6 Å². The van der Waals surface area contributed by atoms with Crippen LogP contribution in [0.3, 0.4) is 0 Å². The Morgan fingerprint density at radius 2 is 1.89 bits per heavy atom. The van der Waals surface area contributed by atoms with Crippen molar-refractivity contribution < 1.29 is 19.4 Å². The van der Waals surface area contributed by atoms with Gasteiger partial charge in [-0.3, -0.25) is 0 Å². The monoisotopic (exact) mass is 481 g/mol. The minimum atomic E-state index is -1.14. The summed E-state index contributed by atoms with van der Waals surface area (Å²) in [7, 11) is 0. The fraction of sp³-hybridized carbons (Fsp3) is 0.100. The van der Waals surface area contributed by atoms with Gasteiger partial charge in [-0.2, -0.15) is 0 Å². The number of carboxylic acids is 1. The van der Waals surface area contributed by atoms with Gasteiger partial charge in [-0.15, -0.1) is 0 Å². The number of aromatic nitrogens is 1. The molecule has 1 heterocycles. The smallest absolute Gasteiger partial charge is 0.355 e. The van der Waals surface area contributed by atoms with Crippen molar-refractivity contribution in [1.29, 1.82) is 0 Å². The molecule has 0 fully saturated rings. The number of hydrogen-bond acceptors (Lipinski definition) is 3. The van der Waals surface area contributed by atoms with E-state index < -0.39 is 11.9 Å². The highest BCUT2D eigenvalue weighted by Crippen LogP contribution is 2.35. The van der Waals surface area contributed by atoms with Gasteiger partial charge in [0.2, 0.25) is 0 Å². The highest BCUT2D eigenvalue weighted by Gasteiger charge is 2.22. The first-order valence-corrected chi connectivity index (χ1v) is 9.75. The number of aliphatic carboxylic acids is 1. The van der Waals surface area contributed by atoms with E-state index in [-0.39, 0.29) is 17.9 Å². The summed E-state index contributed by atoms with van der Waals surface area (Å²) >= 11 is 15.7. The summed E-state index contributed by atoms with van der Waals surface area (Å²) in [6.45, 7) is 1.86. The lowest BCUT2D eigenvalue weighted by Gasteiger charge is -2.06. The molecule has 2 N–H and O–H groups in total. The van der Waals surface area contributed by atoms with Gasteiger partial charge in [-0.05, 0) is 42.8 Å². The zero-order chi connectivity index (χ0) is 20.4. The Balaban J connectivity index is 2.30. The standard InChI is InChI=1S/C20H14BrCl2NO4/c1-2-28-20(27)18-14(17-15(23)7-12(22)8-16(17)24-18)9-13(19(25)26)10-3-5-11(21)6-4-10/h3-9,24H,2H2,1H3,(H,25,26). The second-order valence-corrected chi connectivity index (χ2v) is 7.57. The molecular weight excluding hydrogens is 469 g/mol. The Bertz CT molecular complexity index is 1100. The van der Waals surface area contributed by atoms with Crippen LogP contribution in [0.5, 0.6) is 0 Å². The number of fused-ring (bicyclic) bond motifs is 1. The number of ether oxygens (including phenoxy) is 1. The van der Waals surface area contributed by atoms with E-state index in [1.54, 1.807) is 37.3 Å². The highest BCUT2D eigenvalue weighted by atomic mass is 79.9. The van der Waals surface area contributed by atoms with Crippen molar-refractivity contribution in [3.05, 3.63) is 67.7 Å². The number of nitrogens with one attached hydrogen (secondary N) is 1. The molecule has 0 bridgehead atoms. The minimum absolute atomic E-state index is 0.00460. The van der Waals surface area contributed by atoms with Crippen LogP contribution < -0.4 is 0 Å². The summed E-state index contributed by atoms with van der Waals surface area (Å²) < 4.78 is 5.92. The maximum atomic E-state index is 12.5. The summed E-state index contributed by atoms with van der Waals surface area (Å²) in [6.07, 6.45) is 1.41. The summed E-state index contributed by atoms with van der Waals surface area (Å²) in [6, 6.07) is 9.96. The van der Waals surface area contributed by atoms with Crippen molar-refractivity contribution in [3.8, 4) is 0 Å². The fourth-order valence-electron chi connectivity index (χ4n) is 2.82. The van der Waals surface area contributed by atoms with Gasteiger partial charge in [0.05, 0.1) is 17.2 Å². The Hall–Kier alpha value is -2.28. The lowest BCUT2D eigenvalue weighted by atomic mass is 10.0. The third-order valence-corrected chi connectivity index (χ3v) is 5.05. The minimum Gasteiger partial charge on any atom is -0.478 e. The van der Waals surface area contributed by atoms with Gasteiger partial charge < -0.3 is 14.8 Å². The van der Waals surface area contributed by atoms with Gasteiger partial charge in [0.25, 0.3) is 0 Å². The van der Waals surface area contributed by atoms with Crippen LogP contribution in [0.15, 0.2) is 40.9 Å². The number of hydrogen-bond donors (Lipinski definition) is 2. The van der Waals surface area contributed by atoms with E-state index in [1.165, 1.54) is 12.1 Å². The van der Waals surface area contributed by atoms with Crippen molar-refractivity contribution in [2.45, 2.75) is 6.92 Å². The van der Waals surface area contributed by atoms with Gasteiger partial charge >= 0.3 is 11.9 Å². The van der Waals surface area contributed by atoms with E-state index in [0.29, 0.717) is 32.1 Å². The van der Waals surface area contributed by atoms with E-state index in [2.05, 4.69) is 20.9 Å². The van der Waals surface area contributed by atoms with Crippen LogP contribution in [-0.2, 0) is 9.53 Å². The summed E-state index contributed by atoms with van der Waals surface area (Å²) in [5.41, 5.74) is 1.43. The van der Waals surface area contributed by atoms with E-state index in [4.69, 9.17) is 27.9 Å². The predicted molar refractivity (Wildman–Crippen MR) is 114 cm³/mol. The number of aromatic amines is 1. The molecule has 2 aromatic carbocycles. The number of carbonyl (C=O) groups is 2. The van der Waals surface area contributed by atoms with Crippen molar-refractivity contribution in [2.75, 3.05) is 6.61 Å². The Morgan fingerprint density at radius 3 is 2.50 bits per heavy atom. The molecule has 0 amide bonds. The van der Waals surface area contributed by atoms with Crippen LogP contribution >= 0.6 is 39.1 Å². The average Bonchev–Trinajstić information content (AvgIpc) is 2.99. The van der Waals surface area contributed by atoms with Gasteiger partial charge in [0.15, 0.2) is 0 Å². The molecule has 0 aliphatic heterocycles. The van der Waals surface area contributed by atoms with Gasteiger partial charge in [0, 0.05) is 26.0 Å². The van der Waals surface area contributed by atoms with Crippen LogP contribution in [-0.4, -0.2) is 28.6 Å². The van der Waals surface area contributed by atoms with E-state index in [9.17, 15) is 14.7 Å². The molecule has 5 nitrogen and oxygen atoms in total. The van der Waals surface area contributed by atoms with Gasteiger partial charge in [0.1, 0.15) is 5.69 Å². The Kier molecular flexibility index (Phi) is 6.13. The molecule has 28 heavy (non-hydrogen) atoms. The number of carbonyl (C=O) groups excluding carboxylic acids is 1. The molecule has 0 radical (unpaired) electrons. The zero-order valence-electron chi connectivity index (χ0n) is 14.6. The molecule has 0 saturated carbocycles. The lowest BCUT2D eigenvalue weighted by molar-refractivity contribution is -0.130. The van der Waals surface area contributed by atoms with Crippen molar-refractivity contribution in [3.63, 3.8) is 0 Å². The molecule has 0 aliphatic rings. The molecule has 0 saturated heterocycles. The van der Waals surface area contributed by atoms with Crippen LogP contribution in [0.1, 0.15) is 28.5 Å².